The van der Waals surface area contributed by atoms with E-state index in [1.54, 1.807) is 17.4 Å². The highest BCUT2D eigenvalue weighted by Gasteiger charge is 2.09. The molecule has 0 spiro atoms. The lowest BCUT2D eigenvalue weighted by molar-refractivity contribution is -0.385. The van der Waals surface area contributed by atoms with Gasteiger partial charge >= 0.3 is 0 Å². The van der Waals surface area contributed by atoms with Crippen LogP contribution in [0.3, 0.4) is 0 Å². The first kappa shape index (κ1) is 12.1. The van der Waals surface area contributed by atoms with Crippen molar-refractivity contribution in [3.63, 3.8) is 0 Å². The highest BCUT2D eigenvalue weighted by atomic mass is 32.2. The van der Waals surface area contributed by atoms with E-state index in [1.807, 2.05) is 24.3 Å². The molecule has 0 N–H and O–H groups in total. The van der Waals surface area contributed by atoms with Crippen molar-refractivity contribution in [2.75, 3.05) is 0 Å². The largest absolute Gasteiger partial charge is 0.287 e. The Bertz CT molecular complexity index is 707. The molecule has 7 heteroatoms. The van der Waals surface area contributed by atoms with Gasteiger partial charge in [0.25, 0.3) is 5.69 Å². The molecule has 5 nitrogen and oxygen atoms in total. The van der Waals surface area contributed by atoms with E-state index >= 15 is 0 Å². The van der Waals surface area contributed by atoms with Crippen LogP contribution in [0.1, 0.15) is 0 Å². The SMILES string of the molecule is O=[N+]([O-])c1ccc(Sc2nc3ccccc3s2)nc1. The van der Waals surface area contributed by atoms with E-state index < -0.39 is 4.92 Å². The summed E-state index contributed by atoms with van der Waals surface area (Å²) in [4.78, 5) is 18.6. The van der Waals surface area contributed by atoms with Crippen LogP contribution in [0.4, 0.5) is 5.69 Å². The maximum Gasteiger partial charge on any atom is 0.287 e. The Kier molecular flexibility index (Phi) is 3.14. The zero-order valence-electron chi connectivity index (χ0n) is 9.52. The lowest BCUT2D eigenvalue weighted by atomic mass is 10.3. The van der Waals surface area contributed by atoms with Gasteiger partial charge in [-0.05, 0) is 30.0 Å². The average Bonchev–Trinajstić information content (AvgIpc) is 2.81. The van der Waals surface area contributed by atoms with Crippen molar-refractivity contribution in [3.05, 3.63) is 52.7 Å². The number of fused-ring (bicyclic) bond motifs is 1. The lowest BCUT2D eigenvalue weighted by Crippen LogP contribution is -1.88. The molecule has 0 fully saturated rings. The second-order valence-electron chi connectivity index (χ2n) is 3.66. The summed E-state index contributed by atoms with van der Waals surface area (Å²) in [5, 5.41) is 11.2. The molecule has 0 saturated heterocycles. The molecule has 1 aromatic carbocycles. The van der Waals surface area contributed by atoms with Crippen LogP contribution in [0, 0.1) is 10.1 Å². The van der Waals surface area contributed by atoms with E-state index in [9.17, 15) is 10.1 Å². The highest BCUT2D eigenvalue weighted by Crippen LogP contribution is 2.33. The molecule has 0 amide bonds. The highest BCUT2D eigenvalue weighted by molar-refractivity contribution is 8.01. The Labute approximate surface area is 116 Å². The summed E-state index contributed by atoms with van der Waals surface area (Å²) in [6, 6.07) is 11.0. The molecule has 3 rings (SSSR count). The van der Waals surface area contributed by atoms with Crippen molar-refractivity contribution in [2.24, 2.45) is 0 Å². The number of hydrogen-bond acceptors (Lipinski definition) is 6. The van der Waals surface area contributed by atoms with Gasteiger partial charge in [-0.25, -0.2) is 9.97 Å². The molecule has 3 aromatic rings. The number of benzene rings is 1. The number of thiazole rings is 1. The quantitative estimate of drug-likeness (QED) is 0.542. The molecule has 0 aliphatic heterocycles. The summed E-state index contributed by atoms with van der Waals surface area (Å²) in [6.07, 6.45) is 1.26. The monoisotopic (exact) mass is 289 g/mol. The summed E-state index contributed by atoms with van der Waals surface area (Å²) < 4.78 is 1.99. The molecule has 2 aromatic heterocycles. The molecule has 0 aliphatic rings. The molecule has 94 valence electrons. The van der Waals surface area contributed by atoms with Crippen molar-refractivity contribution in [3.8, 4) is 0 Å². The van der Waals surface area contributed by atoms with E-state index in [1.165, 1.54) is 24.0 Å². The molecular weight excluding hydrogens is 282 g/mol. The summed E-state index contributed by atoms with van der Waals surface area (Å²) in [7, 11) is 0. The molecule has 19 heavy (non-hydrogen) atoms. The van der Waals surface area contributed by atoms with E-state index in [0.717, 1.165) is 14.6 Å². The van der Waals surface area contributed by atoms with Crippen LogP contribution in [-0.4, -0.2) is 14.9 Å². The van der Waals surface area contributed by atoms with Gasteiger partial charge in [0.1, 0.15) is 11.2 Å². The Morgan fingerprint density at radius 1 is 1.21 bits per heavy atom. The van der Waals surface area contributed by atoms with Crippen LogP contribution in [0.2, 0.25) is 0 Å². The smallest absolute Gasteiger partial charge is 0.258 e. The van der Waals surface area contributed by atoms with Crippen LogP contribution in [-0.2, 0) is 0 Å². The third-order valence-electron chi connectivity index (χ3n) is 2.40. The van der Waals surface area contributed by atoms with Crippen LogP contribution < -0.4 is 0 Å². The summed E-state index contributed by atoms with van der Waals surface area (Å²) in [5.74, 6) is 0. The van der Waals surface area contributed by atoms with Gasteiger partial charge in [-0.3, -0.25) is 10.1 Å². The third-order valence-corrected chi connectivity index (χ3v) is 4.45. The van der Waals surface area contributed by atoms with E-state index in [-0.39, 0.29) is 5.69 Å². The van der Waals surface area contributed by atoms with Gasteiger partial charge in [-0.15, -0.1) is 11.3 Å². The maximum atomic E-state index is 10.5. The van der Waals surface area contributed by atoms with Crippen molar-refractivity contribution >= 4 is 39.0 Å². The minimum absolute atomic E-state index is 0.00588. The van der Waals surface area contributed by atoms with Crippen molar-refractivity contribution in [1.82, 2.24) is 9.97 Å². The Morgan fingerprint density at radius 2 is 2.05 bits per heavy atom. The molecule has 0 unspecified atom stereocenters. The van der Waals surface area contributed by atoms with E-state index in [0.29, 0.717) is 5.03 Å². The van der Waals surface area contributed by atoms with Gasteiger partial charge in [-0.2, -0.15) is 0 Å². The molecule has 0 atom stereocenters. The van der Waals surface area contributed by atoms with Crippen molar-refractivity contribution in [1.29, 1.82) is 0 Å². The molecule has 0 saturated carbocycles. The maximum absolute atomic E-state index is 10.5. The number of para-hydroxylation sites is 1. The molecular formula is C12H7N3O2S2. The third kappa shape index (κ3) is 2.56. The minimum Gasteiger partial charge on any atom is -0.258 e. The van der Waals surface area contributed by atoms with Gasteiger partial charge in [0.2, 0.25) is 0 Å². The Morgan fingerprint density at radius 3 is 2.74 bits per heavy atom. The van der Waals surface area contributed by atoms with Gasteiger partial charge < -0.3 is 0 Å². The Hall–Kier alpha value is -1.99. The fourth-order valence-corrected chi connectivity index (χ4v) is 3.48. The molecule has 0 aliphatic carbocycles. The van der Waals surface area contributed by atoms with Crippen LogP contribution in [0.25, 0.3) is 10.2 Å². The van der Waals surface area contributed by atoms with Crippen LogP contribution in [0.15, 0.2) is 52.0 Å². The van der Waals surface area contributed by atoms with Crippen LogP contribution >= 0.6 is 23.1 Å². The van der Waals surface area contributed by atoms with Gasteiger partial charge in [0.15, 0.2) is 4.34 Å². The fraction of sp³-hybridized carbons (Fsp3) is 0. The van der Waals surface area contributed by atoms with Crippen molar-refractivity contribution < 1.29 is 4.92 Å². The van der Waals surface area contributed by atoms with E-state index in [2.05, 4.69) is 9.97 Å². The summed E-state index contributed by atoms with van der Waals surface area (Å²) in [5.41, 5.74) is 0.950. The molecule has 2 heterocycles. The van der Waals surface area contributed by atoms with Crippen molar-refractivity contribution in [2.45, 2.75) is 9.37 Å². The number of aromatic nitrogens is 2. The lowest BCUT2D eigenvalue weighted by Gasteiger charge is -1.95. The number of rotatable bonds is 3. The summed E-state index contributed by atoms with van der Waals surface area (Å²) >= 11 is 2.99. The topological polar surface area (TPSA) is 68.9 Å². The first-order chi connectivity index (χ1) is 9.22. The van der Waals surface area contributed by atoms with E-state index in [4.69, 9.17) is 0 Å². The second kappa shape index (κ2) is 4.94. The molecule has 0 bridgehead atoms. The first-order valence-corrected chi connectivity index (χ1v) is 6.99. The van der Waals surface area contributed by atoms with Gasteiger partial charge in [-0.1, -0.05) is 12.1 Å². The van der Waals surface area contributed by atoms with Gasteiger partial charge in [0.05, 0.1) is 15.1 Å². The zero-order chi connectivity index (χ0) is 13.2. The number of hydrogen-bond donors (Lipinski definition) is 0. The normalized spacial score (nSPS) is 10.7. The Balaban J connectivity index is 1.86. The number of nitro groups is 1. The summed E-state index contributed by atoms with van der Waals surface area (Å²) in [6.45, 7) is 0. The zero-order valence-corrected chi connectivity index (χ0v) is 11.1. The van der Waals surface area contributed by atoms with Crippen LogP contribution in [0.5, 0.6) is 0 Å². The predicted molar refractivity (Wildman–Crippen MR) is 74.6 cm³/mol. The first-order valence-electron chi connectivity index (χ1n) is 5.36. The molecule has 0 radical (unpaired) electrons. The minimum atomic E-state index is -0.459. The number of nitrogens with zero attached hydrogens (tertiary/aromatic N) is 3. The fourth-order valence-electron chi connectivity index (χ4n) is 1.53. The number of pyridine rings is 1. The standard InChI is InChI=1S/C12H7N3O2S2/c16-15(17)8-5-6-11(13-7-8)19-12-14-9-3-1-2-4-10(9)18-12/h1-7H. The van der Waals surface area contributed by atoms with Gasteiger partial charge in [0, 0.05) is 6.07 Å². The average molecular weight is 289 g/mol. The predicted octanol–water partition coefficient (Wildman–Crippen LogP) is 3.75. The second-order valence-corrected chi connectivity index (χ2v) is 5.96.